The SMILES string of the molecule is C/C=C/C(=S)S. The van der Waals surface area contributed by atoms with Crippen molar-refractivity contribution < 1.29 is 0 Å². The summed E-state index contributed by atoms with van der Waals surface area (Å²) in [5.74, 6) is 0. The third-order valence-corrected chi connectivity index (χ3v) is 0.594. The Balaban J connectivity index is 3.30. The maximum absolute atomic E-state index is 4.57. The Kier molecular flexibility index (Phi) is 3.47. The molecule has 0 radical (unpaired) electrons. The lowest BCUT2D eigenvalue weighted by Crippen LogP contribution is -1.65. The van der Waals surface area contributed by atoms with E-state index >= 15 is 0 Å². The average Bonchev–Trinajstić information content (AvgIpc) is 1.35. The van der Waals surface area contributed by atoms with E-state index in [0.717, 1.165) is 0 Å². The number of allylic oxidation sites excluding steroid dienone is 1. The standard InChI is InChI=1S/C4H6S2/c1-2-3-4(5)6/h2-3H,1H3,(H,5,6)/b3-2+. The molecule has 0 heterocycles. The van der Waals surface area contributed by atoms with Gasteiger partial charge in [-0.05, 0) is 13.0 Å². The zero-order valence-electron chi connectivity index (χ0n) is 3.51. The Labute approximate surface area is 48.7 Å². The molecule has 0 aromatic rings. The highest BCUT2D eigenvalue weighted by atomic mass is 32.1. The Bertz CT molecular complexity index is 73.6. The Morgan fingerprint density at radius 3 is 2.33 bits per heavy atom. The summed E-state index contributed by atoms with van der Waals surface area (Å²) >= 11 is 8.39. The molecule has 0 bridgehead atoms. The smallest absolute Gasteiger partial charge is 0.0671 e. The molecule has 0 N–H and O–H groups in total. The van der Waals surface area contributed by atoms with Crippen LogP contribution in [0.3, 0.4) is 0 Å². The van der Waals surface area contributed by atoms with Crippen LogP contribution in [0, 0.1) is 0 Å². The van der Waals surface area contributed by atoms with E-state index in [-0.39, 0.29) is 0 Å². The van der Waals surface area contributed by atoms with Crippen LogP contribution in [0.5, 0.6) is 0 Å². The first-order chi connectivity index (χ1) is 2.77. The molecule has 0 aromatic heterocycles. The van der Waals surface area contributed by atoms with E-state index in [1.54, 1.807) is 6.08 Å². The normalized spacial score (nSPS) is 9.67. The summed E-state index contributed by atoms with van der Waals surface area (Å²) in [5, 5.41) is 0. The van der Waals surface area contributed by atoms with Gasteiger partial charge in [0.05, 0.1) is 4.20 Å². The molecule has 0 amide bonds. The summed E-state index contributed by atoms with van der Waals surface area (Å²) in [6, 6.07) is 0. The zero-order chi connectivity index (χ0) is 4.99. The van der Waals surface area contributed by atoms with Gasteiger partial charge in [-0.2, -0.15) is 0 Å². The second kappa shape index (κ2) is 3.37. The first kappa shape index (κ1) is 6.18. The van der Waals surface area contributed by atoms with Gasteiger partial charge in [-0.15, -0.1) is 12.6 Å². The van der Waals surface area contributed by atoms with Crippen molar-refractivity contribution in [2.24, 2.45) is 0 Å². The molecule has 0 saturated carbocycles. The summed E-state index contributed by atoms with van der Waals surface area (Å²) in [6.07, 6.45) is 3.62. The molecule has 0 aliphatic rings. The molecular formula is C4H6S2. The molecular weight excluding hydrogens is 112 g/mol. The van der Waals surface area contributed by atoms with Crippen molar-refractivity contribution >= 4 is 29.0 Å². The molecule has 0 aromatic carbocycles. The van der Waals surface area contributed by atoms with E-state index in [2.05, 4.69) is 24.8 Å². The van der Waals surface area contributed by atoms with Gasteiger partial charge in [0.1, 0.15) is 0 Å². The predicted molar refractivity (Wildman–Crippen MR) is 36.4 cm³/mol. The minimum Gasteiger partial charge on any atom is -0.132 e. The van der Waals surface area contributed by atoms with Gasteiger partial charge in [-0.3, -0.25) is 0 Å². The van der Waals surface area contributed by atoms with Crippen molar-refractivity contribution in [3.05, 3.63) is 12.2 Å². The van der Waals surface area contributed by atoms with Crippen molar-refractivity contribution in [2.45, 2.75) is 6.92 Å². The topological polar surface area (TPSA) is 0 Å². The molecule has 6 heavy (non-hydrogen) atoms. The Morgan fingerprint density at radius 1 is 1.83 bits per heavy atom. The van der Waals surface area contributed by atoms with Crippen molar-refractivity contribution in [1.82, 2.24) is 0 Å². The summed E-state index contributed by atoms with van der Waals surface area (Å²) < 4.78 is 0.637. The monoisotopic (exact) mass is 118 g/mol. The summed E-state index contributed by atoms with van der Waals surface area (Å²) in [7, 11) is 0. The van der Waals surface area contributed by atoms with Gasteiger partial charge >= 0.3 is 0 Å². The molecule has 0 rings (SSSR count). The Hall–Kier alpha value is 0.180. The maximum atomic E-state index is 4.57. The fraction of sp³-hybridized carbons (Fsp3) is 0.250. The first-order valence-electron chi connectivity index (χ1n) is 1.63. The van der Waals surface area contributed by atoms with Gasteiger partial charge in [-0.1, -0.05) is 18.3 Å². The number of hydrogen-bond acceptors (Lipinski definition) is 1. The van der Waals surface area contributed by atoms with Crippen LogP contribution >= 0.6 is 24.8 Å². The zero-order valence-corrected chi connectivity index (χ0v) is 5.22. The molecule has 0 atom stereocenters. The van der Waals surface area contributed by atoms with E-state index in [1.807, 2.05) is 13.0 Å². The minimum atomic E-state index is 0.637. The lowest BCUT2D eigenvalue weighted by molar-refractivity contribution is 1.78. The van der Waals surface area contributed by atoms with E-state index < -0.39 is 0 Å². The molecule has 2 heteroatoms. The van der Waals surface area contributed by atoms with Gasteiger partial charge in [0.15, 0.2) is 0 Å². The highest BCUT2D eigenvalue weighted by Gasteiger charge is 1.68. The van der Waals surface area contributed by atoms with Crippen LogP contribution in [0.2, 0.25) is 0 Å². The number of hydrogen-bond donors (Lipinski definition) is 1. The van der Waals surface area contributed by atoms with Gasteiger partial charge in [0.25, 0.3) is 0 Å². The van der Waals surface area contributed by atoms with Gasteiger partial charge in [0.2, 0.25) is 0 Å². The summed E-state index contributed by atoms with van der Waals surface area (Å²) in [4.78, 5) is 0. The van der Waals surface area contributed by atoms with E-state index in [9.17, 15) is 0 Å². The third kappa shape index (κ3) is 4.18. The van der Waals surface area contributed by atoms with Gasteiger partial charge in [-0.25, -0.2) is 0 Å². The lowest BCUT2D eigenvalue weighted by Gasteiger charge is -1.71. The van der Waals surface area contributed by atoms with Crippen LogP contribution in [0.25, 0.3) is 0 Å². The van der Waals surface area contributed by atoms with Gasteiger partial charge < -0.3 is 0 Å². The second-order valence-electron chi connectivity index (χ2n) is 0.838. The van der Waals surface area contributed by atoms with Gasteiger partial charge in [0, 0.05) is 0 Å². The molecule has 0 fully saturated rings. The molecule has 0 nitrogen and oxygen atoms in total. The maximum Gasteiger partial charge on any atom is 0.0671 e. The summed E-state index contributed by atoms with van der Waals surface area (Å²) in [6.45, 7) is 1.91. The van der Waals surface area contributed by atoms with E-state index in [1.165, 1.54) is 0 Å². The minimum absolute atomic E-state index is 0.637. The second-order valence-corrected chi connectivity index (χ2v) is 2.06. The highest BCUT2D eigenvalue weighted by molar-refractivity contribution is 8.11. The van der Waals surface area contributed by atoms with Crippen LogP contribution in [-0.2, 0) is 0 Å². The van der Waals surface area contributed by atoms with Crippen LogP contribution in [0.1, 0.15) is 6.92 Å². The van der Waals surface area contributed by atoms with Crippen molar-refractivity contribution in [3.8, 4) is 0 Å². The van der Waals surface area contributed by atoms with Crippen molar-refractivity contribution in [2.75, 3.05) is 0 Å². The lowest BCUT2D eigenvalue weighted by atomic mass is 10.6. The molecule has 34 valence electrons. The molecule has 0 unspecified atom stereocenters. The predicted octanol–water partition coefficient (Wildman–Crippen LogP) is 1.82. The highest BCUT2D eigenvalue weighted by Crippen LogP contribution is 1.83. The van der Waals surface area contributed by atoms with E-state index in [0.29, 0.717) is 4.20 Å². The molecule has 0 saturated heterocycles. The molecule has 0 spiro atoms. The summed E-state index contributed by atoms with van der Waals surface area (Å²) in [5.41, 5.74) is 0. The largest absolute Gasteiger partial charge is 0.132 e. The number of thiocarbonyl (C=S) groups is 1. The van der Waals surface area contributed by atoms with E-state index in [4.69, 9.17) is 0 Å². The van der Waals surface area contributed by atoms with Crippen LogP contribution < -0.4 is 0 Å². The number of rotatable bonds is 1. The fourth-order valence-electron chi connectivity index (χ4n) is 0.143. The first-order valence-corrected chi connectivity index (χ1v) is 2.48. The quantitative estimate of drug-likeness (QED) is 0.311. The molecule has 0 aliphatic heterocycles. The molecule has 0 aliphatic carbocycles. The van der Waals surface area contributed by atoms with Crippen LogP contribution in [-0.4, -0.2) is 4.20 Å². The number of thiol groups is 1. The van der Waals surface area contributed by atoms with Crippen molar-refractivity contribution in [3.63, 3.8) is 0 Å². The average molecular weight is 118 g/mol. The Morgan fingerprint density at radius 2 is 2.33 bits per heavy atom. The van der Waals surface area contributed by atoms with Crippen LogP contribution in [0.15, 0.2) is 12.2 Å². The van der Waals surface area contributed by atoms with Crippen LogP contribution in [0.4, 0.5) is 0 Å². The van der Waals surface area contributed by atoms with Crippen molar-refractivity contribution in [1.29, 1.82) is 0 Å². The third-order valence-electron chi connectivity index (χ3n) is 0.309. The fourth-order valence-corrected chi connectivity index (χ4v) is 0.428.